The molecular weight excluding hydrogens is 238 g/mol. The molecule has 0 saturated heterocycles. The molecule has 1 aromatic heterocycles. The Morgan fingerprint density at radius 1 is 1.31 bits per heavy atom. The Morgan fingerprint density at radius 2 is 2.19 bits per heavy atom. The van der Waals surface area contributed by atoms with Crippen LogP contribution in [0.2, 0.25) is 0 Å². The number of carbonyl (C=O) groups is 1. The molecule has 4 heteroatoms. The summed E-state index contributed by atoms with van der Waals surface area (Å²) in [5, 5.41) is 4.77. The van der Waals surface area contributed by atoms with Crippen molar-refractivity contribution in [3.05, 3.63) is 46.7 Å². The summed E-state index contributed by atoms with van der Waals surface area (Å²) in [7, 11) is 0. The second kappa shape index (κ2) is 5.18. The monoisotopic (exact) mass is 249 g/mol. The fourth-order valence-electron chi connectivity index (χ4n) is 1.30. The van der Waals surface area contributed by atoms with Gasteiger partial charge in [-0.25, -0.2) is 0 Å². The third-order valence-electron chi connectivity index (χ3n) is 2.07. The van der Waals surface area contributed by atoms with Gasteiger partial charge >= 0.3 is 0 Å². The quantitative estimate of drug-likeness (QED) is 0.840. The van der Waals surface area contributed by atoms with Crippen molar-refractivity contribution in [3.8, 4) is 0 Å². The summed E-state index contributed by atoms with van der Waals surface area (Å²) >= 11 is 3.10. The number of hydrogen-bond donors (Lipinski definition) is 1. The van der Waals surface area contributed by atoms with Crippen LogP contribution in [0.1, 0.15) is 9.67 Å². The van der Waals surface area contributed by atoms with Gasteiger partial charge in [0.15, 0.2) is 0 Å². The van der Waals surface area contributed by atoms with Crippen molar-refractivity contribution in [1.29, 1.82) is 0 Å². The largest absolute Gasteiger partial charge is 0.321 e. The summed E-state index contributed by atoms with van der Waals surface area (Å²) in [5.74, 6) is -0.0479. The maximum atomic E-state index is 11.8. The molecule has 0 bridgehead atoms. The second-order valence-corrected chi connectivity index (χ2v) is 4.99. The number of nitrogens with one attached hydrogen (secondary N) is 1. The molecule has 2 nitrogen and oxygen atoms in total. The lowest BCUT2D eigenvalue weighted by Crippen LogP contribution is -2.09. The van der Waals surface area contributed by atoms with Crippen LogP contribution in [0.25, 0.3) is 0 Å². The lowest BCUT2D eigenvalue weighted by molar-refractivity contribution is 0.103. The van der Waals surface area contributed by atoms with Crippen LogP contribution in [0.15, 0.2) is 46.7 Å². The minimum Gasteiger partial charge on any atom is -0.321 e. The van der Waals surface area contributed by atoms with Crippen LogP contribution in [0.5, 0.6) is 0 Å². The highest BCUT2D eigenvalue weighted by Crippen LogP contribution is 2.20. The van der Waals surface area contributed by atoms with Gasteiger partial charge in [-0.2, -0.15) is 0 Å². The fourth-order valence-corrected chi connectivity index (χ4v) is 2.38. The molecule has 1 N–H and O–H groups in total. The summed E-state index contributed by atoms with van der Waals surface area (Å²) in [6.07, 6.45) is 2.01. The SMILES string of the molecule is CSc1cccc(NC(=O)c2cccs2)c1. The Bertz CT molecular complexity index is 480. The third kappa shape index (κ3) is 2.65. The average molecular weight is 249 g/mol. The Kier molecular flexibility index (Phi) is 3.64. The first kappa shape index (κ1) is 11.2. The van der Waals surface area contributed by atoms with Crippen molar-refractivity contribution in [3.63, 3.8) is 0 Å². The topological polar surface area (TPSA) is 29.1 Å². The highest BCUT2D eigenvalue weighted by Gasteiger charge is 2.06. The van der Waals surface area contributed by atoms with Crippen LogP contribution in [-0.4, -0.2) is 12.2 Å². The van der Waals surface area contributed by atoms with E-state index >= 15 is 0 Å². The first-order valence-electron chi connectivity index (χ1n) is 4.78. The Hall–Kier alpha value is -1.26. The summed E-state index contributed by atoms with van der Waals surface area (Å²) in [5.41, 5.74) is 0.838. The molecule has 0 saturated carbocycles. The van der Waals surface area contributed by atoms with E-state index in [9.17, 15) is 4.79 Å². The third-order valence-corrected chi connectivity index (χ3v) is 3.67. The maximum absolute atomic E-state index is 11.8. The number of hydrogen-bond acceptors (Lipinski definition) is 3. The van der Waals surface area contributed by atoms with Crippen molar-refractivity contribution < 1.29 is 4.79 Å². The molecule has 0 atom stereocenters. The van der Waals surface area contributed by atoms with Gasteiger partial charge in [0, 0.05) is 10.6 Å². The van der Waals surface area contributed by atoms with E-state index in [1.165, 1.54) is 11.3 Å². The van der Waals surface area contributed by atoms with Gasteiger partial charge in [0.1, 0.15) is 0 Å². The predicted molar refractivity (Wildman–Crippen MR) is 70.5 cm³/mol. The van der Waals surface area contributed by atoms with Gasteiger partial charge in [0.25, 0.3) is 5.91 Å². The van der Waals surface area contributed by atoms with Crippen LogP contribution < -0.4 is 5.32 Å². The standard InChI is InChI=1S/C12H11NOS2/c1-15-10-5-2-4-9(8-10)13-12(14)11-6-3-7-16-11/h2-8H,1H3,(H,13,14). The summed E-state index contributed by atoms with van der Waals surface area (Å²) in [4.78, 5) is 13.6. The molecule has 1 amide bonds. The predicted octanol–water partition coefficient (Wildman–Crippen LogP) is 3.72. The Morgan fingerprint density at radius 3 is 2.88 bits per heavy atom. The number of benzene rings is 1. The van der Waals surface area contributed by atoms with Crippen LogP contribution in [0, 0.1) is 0 Å². The number of rotatable bonds is 3. The molecule has 82 valence electrons. The van der Waals surface area contributed by atoms with E-state index in [0.29, 0.717) is 0 Å². The Labute approximate surface area is 103 Å². The van der Waals surface area contributed by atoms with E-state index in [4.69, 9.17) is 0 Å². The molecule has 1 aromatic carbocycles. The minimum atomic E-state index is -0.0479. The summed E-state index contributed by atoms with van der Waals surface area (Å²) in [6, 6.07) is 11.5. The average Bonchev–Trinajstić information content (AvgIpc) is 2.83. The van der Waals surface area contributed by atoms with Crippen LogP contribution in [0.3, 0.4) is 0 Å². The van der Waals surface area contributed by atoms with Crippen molar-refractivity contribution in [2.45, 2.75) is 4.90 Å². The summed E-state index contributed by atoms with van der Waals surface area (Å²) < 4.78 is 0. The van der Waals surface area contributed by atoms with Gasteiger partial charge in [-0.3, -0.25) is 4.79 Å². The number of thioether (sulfide) groups is 1. The number of anilines is 1. The van der Waals surface area contributed by atoms with Crippen molar-refractivity contribution in [1.82, 2.24) is 0 Å². The number of amides is 1. The van der Waals surface area contributed by atoms with Crippen LogP contribution in [0.4, 0.5) is 5.69 Å². The second-order valence-electron chi connectivity index (χ2n) is 3.16. The Balaban J connectivity index is 2.12. The normalized spacial score (nSPS) is 10.1. The molecule has 0 aliphatic rings. The van der Waals surface area contributed by atoms with Crippen molar-refractivity contribution in [2.75, 3.05) is 11.6 Å². The van der Waals surface area contributed by atoms with E-state index in [0.717, 1.165) is 15.5 Å². The zero-order chi connectivity index (χ0) is 11.4. The molecule has 0 radical (unpaired) electrons. The van der Waals surface area contributed by atoms with Crippen molar-refractivity contribution >= 4 is 34.7 Å². The lowest BCUT2D eigenvalue weighted by Gasteiger charge is -2.04. The molecule has 2 rings (SSSR count). The molecule has 0 unspecified atom stereocenters. The molecule has 16 heavy (non-hydrogen) atoms. The zero-order valence-electron chi connectivity index (χ0n) is 8.77. The first-order chi connectivity index (χ1) is 7.79. The lowest BCUT2D eigenvalue weighted by atomic mass is 10.3. The van der Waals surface area contributed by atoms with E-state index in [-0.39, 0.29) is 5.91 Å². The first-order valence-corrected chi connectivity index (χ1v) is 6.89. The van der Waals surface area contributed by atoms with Gasteiger partial charge in [-0.15, -0.1) is 23.1 Å². The van der Waals surface area contributed by atoms with E-state index in [1.54, 1.807) is 11.8 Å². The zero-order valence-corrected chi connectivity index (χ0v) is 10.4. The van der Waals surface area contributed by atoms with Gasteiger partial charge < -0.3 is 5.32 Å². The fraction of sp³-hybridized carbons (Fsp3) is 0.0833. The highest BCUT2D eigenvalue weighted by atomic mass is 32.2. The van der Waals surface area contributed by atoms with Gasteiger partial charge in [0.05, 0.1) is 4.88 Å². The molecule has 0 aliphatic carbocycles. The molecule has 0 spiro atoms. The van der Waals surface area contributed by atoms with E-state index in [2.05, 4.69) is 5.32 Å². The molecular formula is C12H11NOS2. The van der Waals surface area contributed by atoms with Crippen LogP contribution >= 0.6 is 23.1 Å². The summed E-state index contributed by atoms with van der Waals surface area (Å²) in [6.45, 7) is 0. The van der Waals surface area contributed by atoms with Crippen molar-refractivity contribution in [2.24, 2.45) is 0 Å². The van der Waals surface area contributed by atoms with E-state index in [1.807, 2.05) is 48.0 Å². The minimum absolute atomic E-state index is 0.0479. The smallest absolute Gasteiger partial charge is 0.265 e. The number of thiophene rings is 1. The number of carbonyl (C=O) groups excluding carboxylic acids is 1. The van der Waals surface area contributed by atoms with Gasteiger partial charge in [-0.1, -0.05) is 12.1 Å². The molecule has 1 heterocycles. The van der Waals surface area contributed by atoms with Crippen LogP contribution in [-0.2, 0) is 0 Å². The van der Waals surface area contributed by atoms with Gasteiger partial charge in [-0.05, 0) is 35.9 Å². The molecule has 0 aliphatic heterocycles. The van der Waals surface area contributed by atoms with Gasteiger partial charge in [0.2, 0.25) is 0 Å². The maximum Gasteiger partial charge on any atom is 0.265 e. The molecule has 2 aromatic rings. The highest BCUT2D eigenvalue weighted by molar-refractivity contribution is 7.98. The van der Waals surface area contributed by atoms with E-state index < -0.39 is 0 Å². The molecule has 0 fully saturated rings.